The van der Waals surface area contributed by atoms with Gasteiger partial charge in [0.15, 0.2) is 0 Å². The number of hydrogen-bond acceptors (Lipinski definition) is 3. The lowest BCUT2D eigenvalue weighted by molar-refractivity contribution is -0.129. The molecule has 0 unspecified atom stereocenters. The number of amides is 1. The Labute approximate surface area is 134 Å². The Bertz CT molecular complexity index is 318. The third-order valence-corrected chi connectivity index (χ3v) is 5.44. The van der Waals surface area contributed by atoms with E-state index in [2.05, 4.69) is 20.8 Å². The molecule has 1 amide bonds. The van der Waals surface area contributed by atoms with Crippen LogP contribution in [0.4, 0.5) is 0 Å². The van der Waals surface area contributed by atoms with Gasteiger partial charge in [0, 0.05) is 18.2 Å². The number of rotatable bonds is 9. The van der Waals surface area contributed by atoms with Crippen LogP contribution in [0.25, 0.3) is 0 Å². The molecule has 1 heterocycles. The second-order valence-corrected chi connectivity index (χ2v) is 7.68. The van der Waals surface area contributed by atoms with Crippen LogP contribution in [0.1, 0.15) is 72.1 Å². The minimum atomic E-state index is 0.243. The van der Waals surface area contributed by atoms with Gasteiger partial charge in [0.25, 0.3) is 0 Å². The predicted octanol–water partition coefficient (Wildman–Crippen LogP) is 5.01. The molecule has 20 heavy (non-hydrogen) atoms. The van der Waals surface area contributed by atoms with Gasteiger partial charge in [-0.2, -0.15) is 0 Å². The summed E-state index contributed by atoms with van der Waals surface area (Å²) >= 11 is 6.99. The lowest BCUT2D eigenvalue weighted by atomic mass is 10.0. The van der Waals surface area contributed by atoms with Crippen LogP contribution in [-0.4, -0.2) is 26.9 Å². The second-order valence-electron chi connectivity index (χ2n) is 6.02. The zero-order valence-corrected chi connectivity index (χ0v) is 14.8. The molecule has 1 atom stereocenters. The molecule has 1 saturated heterocycles. The molecule has 2 nitrogen and oxygen atoms in total. The Hall–Kier alpha value is -0.0900. The van der Waals surface area contributed by atoms with Crippen LogP contribution < -0.4 is 0 Å². The number of nitrogens with zero attached hydrogens (tertiary/aromatic N) is 1. The van der Waals surface area contributed by atoms with Crippen LogP contribution in [-0.2, 0) is 4.79 Å². The van der Waals surface area contributed by atoms with Crippen LogP contribution in [0, 0.1) is 5.92 Å². The van der Waals surface area contributed by atoms with Crippen LogP contribution in [0.15, 0.2) is 0 Å². The summed E-state index contributed by atoms with van der Waals surface area (Å²) in [4.78, 5) is 14.2. The summed E-state index contributed by atoms with van der Waals surface area (Å²) < 4.78 is 0.789. The van der Waals surface area contributed by atoms with E-state index in [1.165, 1.54) is 38.5 Å². The normalized spacial score (nSPS) is 19.1. The van der Waals surface area contributed by atoms with E-state index in [0.29, 0.717) is 18.4 Å². The van der Waals surface area contributed by atoms with Crippen LogP contribution >= 0.6 is 24.0 Å². The fourth-order valence-electron chi connectivity index (χ4n) is 2.57. The largest absolute Gasteiger partial charge is 0.294 e. The zero-order valence-electron chi connectivity index (χ0n) is 13.2. The molecule has 0 aromatic rings. The number of hydrogen-bond donors (Lipinski definition) is 0. The second kappa shape index (κ2) is 9.78. The number of carbonyl (C=O) groups is 1. The molecule has 116 valence electrons. The summed E-state index contributed by atoms with van der Waals surface area (Å²) in [5.41, 5.74) is 0. The molecule has 0 aromatic carbocycles. The standard InChI is InChI=1S/C16H29NOS2/c1-4-5-6-7-8-9-10-11-15(18)17-14(13(2)3)12-20-16(17)19/h13-14H,4-12H2,1-3H3/t14-/m1/s1. The number of carbonyl (C=O) groups excluding carboxylic acids is 1. The first kappa shape index (κ1) is 18.0. The topological polar surface area (TPSA) is 20.3 Å². The van der Waals surface area contributed by atoms with E-state index >= 15 is 0 Å². The van der Waals surface area contributed by atoms with Crippen molar-refractivity contribution in [2.24, 2.45) is 5.92 Å². The van der Waals surface area contributed by atoms with Crippen LogP contribution in [0.5, 0.6) is 0 Å². The molecule has 4 heteroatoms. The Morgan fingerprint density at radius 3 is 2.45 bits per heavy atom. The first-order valence-electron chi connectivity index (χ1n) is 8.06. The Morgan fingerprint density at radius 2 is 1.85 bits per heavy atom. The average Bonchev–Trinajstić information content (AvgIpc) is 2.79. The Balaban J connectivity index is 2.23. The molecule has 0 bridgehead atoms. The highest BCUT2D eigenvalue weighted by atomic mass is 32.2. The SMILES string of the molecule is CCCCCCCCCC(=O)N1C(=S)SC[C@@H]1C(C)C. The van der Waals surface area contributed by atoms with Crippen LogP contribution in [0.2, 0.25) is 0 Å². The summed E-state index contributed by atoms with van der Waals surface area (Å²) in [5.74, 6) is 1.70. The van der Waals surface area contributed by atoms with E-state index < -0.39 is 0 Å². The molecule has 1 aliphatic heterocycles. The van der Waals surface area contributed by atoms with Crippen molar-refractivity contribution in [2.45, 2.75) is 78.2 Å². The van der Waals surface area contributed by atoms with Crippen LogP contribution in [0.3, 0.4) is 0 Å². The summed E-state index contributed by atoms with van der Waals surface area (Å²) in [6.07, 6.45) is 9.40. The average molecular weight is 316 g/mol. The quantitative estimate of drug-likeness (QED) is 0.440. The lowest BCUT2D eigenvalue weighted by Gasteiger charge is -2.26. The van der Waals surface area contributed by atoms with Gasteiger partial charge < -0.3 is 0 Å². The van der Waals surface area contributed by atoms with Crippen molar-refractivity contribution in [1.29, 1.82) is 0 Å². The molecule has 0 radical (unpaired) electrons. The van der Waals surface area contributed by atoms with Gasteiger partial charge in [0.2, 0.25) is 5.91 Å². The summed E-state index contributed by atoms with van der Waals surface area (Å²) in [6, 6.07) is 0.310. The smallest absolute Gasteiger partial charge is 0.228 e. The van der Waals surface area contributed by atoms with Gasteiger partial charge in [-0.05, 0) is 12.3 Å². The Kier molecular flexibility index (Phi) is 8.78. The van der Waals surface area contributed by atoms with E-state index in [9.17, 15) is 4.79 Å². The summed E-state index contributed by atoms with van der Waals surface area (Å²) in [5, 5.41) is 0. The van der Waals surface area contributed by atoms with E-state index in [1.54, 1.807) is 11.8 Å². The summed E-state index contributed by atoms with van der Waals surface area (Å²) in [6.45, 7) is 6.58. The first-order valence-corrected chi connectivity index (χ1v) is 9.46. The minimum Gasteiger partial charge on any atom is -0.294 e. The highest BCUT2D eigenvalue weighted by Crippen LogP contribution is 2.29. The molecule has 1 fully saturated rings. The van der Waals surface area contributed by atoms with Crippen molar-refractivity contribution in [2.75, 3.05) is 5.75 Å². The highest BCUT2D eigenvalue weighted by molar-refractivity contribution is 8.23. The van der Waals surface area contributed by atoms with Gasteiger partial charge in [-0.15, -0.1) is 0 Å². The first-order chi connectivity index (χ1) is 9.57. The molecular formula is C16H29NOS2. The zero-order chi connectivity index (χ0) is 15.0. The third-order valence-electron chi connectivity index (χ3n) is 3.94. The third kappa shape index (κ3) is 5.72. The number of thioether (sulfide) groups is 1. The number of thiocarbonyl (C=S) groups is 1. The van der Waals surface area contributed by atoms with Crippen molar-refractivity contribution in [1.82, 2.24) is 4.90 Å². The molecular weight excluding hydrogens is 286 g/mol. The fraction of sp³-hybridized carbons (Fsp3) is 0.875. The van der Waals surface area contributed by atoms with Crippen molar-refractivity contribution >= 4 is 34.2 Å². The van der Waals surface area contributed by atoms with Crippen molar-refractivity contribution in [3.63, 3.8) is 0 Å². The molecule has 0 aromatic heterocycles. The fourth-order valence-corrected chi connectivity index (χ4v) is 4.23. The van der Waals surface area contributed by atoms with E-state index in [4.69, 9.17) is 12.2 Å². The van der Waals surface area contributed by atoms with E-state index in [0.717, 1.165) is 16.5 Å². The maximum Gasteiger partial charge on any atom is 0.228 e. The molecule has 0 spiro atoms. The van der Waals surface area contributed by atoms with Gasteiger partial charge in [-0.3, -0.25) is 9.69 Å². The molecule has 1 aliphatic rings. The molecule has 1 rings (SSSR count). The molecule has 0 saturated carbocycles. The number of unbranched alkanes of at least 4 members (excludes halogenated alkanes) is 6. The van der Waals surface area contributed by atoms with Crippen molar-refractivity contribution < 1.29 is 4.79 Å². The van der Waals surface area contributed by atoms with Gasteiger partial charge >= 0.3 is 0 Å². The van der Waals surface area contributed by atoms with Gasteiger partial charge in [0.05, 0.1) is 0 Å². The lowest BCUT2D eigenvalue weighted by Crippen LogP contribution is -2.41. The molecule has 0 aliphatic carbocycles. The monoisotopic (exact) mass is 315 g/mol. The summed E-state index contributed by atoms with van der Waals surface area (Å²) in [7, 11) is 0. The van der Waals surface area contributed by atoms with Crippen molar-refractivity contribution in [3.8, 4) is 0 Å². The maximum atomic E-state index is 12.3. The Morgan fingerprint density at radius 1 is 1.25 bits per heavy atom. The van der Waals surface area contributed by atoms with Crippen molar-refractivity contribution in [3.05, 3.63) is 0 Å². The van der Waals surface area contributed by atoms with E-state index in [1.807, 2.05) is 4.90 Å². The predicted molar refractivity (Wildman–Crippen MR) is 93.1 cm³/mol. The van der Waals surface area contributed by atoms with Gasteiger partial charge in [0.1, 0.15) is 4.32 Å². The van der Waals surface area contributed by atoms with Gasteiger partial charge in [-0.25, -0.2) is 0 Å². The van der Waals surface area contributed by atoms with Gasteiger partial charge in [-0.1, -0.05) is 83.3 Å². The van der Waals surface area contributed by atoms with E-state index in [-0.39, 0.29) is 5.91 Å². The maximum absolute atomic E-state index is 12.3. The minimum absolute atomic E-state index is 0.243. The highest BCUT2D eigenvalue weighted by Gasteiger charge is 2.35. The molecule has 0 N–H and O–H groups in total.